The number of rotatable bonds is 7. The fraction of sp³-hybridized carbons (Fsp3) is 0.308. The highest BCUT2D eigenvalue weighted by atomic mass is 16.5. The van der Waals surface area contributed by atoms with Crippen molar-refractivity contribution in [2.75, 3.05) is 25.1 Å². The number of hydrogen-bond donors (Lipinski definition) is 4. The molecule has 1 aromatic carbocycles. The second kappa shape index (κ2) is 7.85. The van der Waals surface area contributed by atoms with E-state index in [-0.39, 0.29) is 25.3 Å². The highest BCUT2D eigenvalue weighted by molar-refractivity contribution is 5.94. The third kappa shape index (κ3) is 5.91. The van der Waals surface area contributed by atoms with Gasteiger partial charge in [-0.3, -0.25) is 4.79 Å². The van der Waals surface area contributed by atoms with Crippen molar-refractivity contribution in [2.24, 2.45) is 5.73 Å². The van der Waals surface area contributed by atoms with Gasteiger partial charge in [0.15, 0.2) is 0 Å². The molecule has 0 aromatic heterocycles. The smallest absolute Gasteiger partial charge is 0.336 e. The monoisotopic (exact) mass is 295 g/mol. The van der Waals surface area contributed by atoms with E-state index in [4.69, 9.17) is 15.6 Å². The molecule has 1 aromatic rings. The Labute approximate surface area is 121 Å². The highest BCUT2D eigenvalue weighted by Gasteiger charge is 2.09. The molecular weight excluding hydrogens is 278 g/mol. The summed E-state index contributed by atoms with van der Waals surface area (Å²) in [6.45, 7) is 1.80. The molecule has 5 N–H and O–H groups in total. The average Bonchev–Trinajstić information content (AvgIpc) is 2.40. The molecular formula is C13H17N3O5. The Hall–Kier alpha value is -2.61. The van der Waals surface area contributed by atoms with Gasteiger partial charge in [0.2, 0.25) is 5.91 Å². The molecule has 21 heavy (non-hydrogen) atoms. The van der Waals surface area contributed by atoms with Crippen molar-refractivity contribution >= 4 is 23.6 Å². The molecule has 0 radical (unpaired) electrons. The van der Waals surface area contributed by atoms with Gasteiger partial charge >= 0.3 is 12.0 Å². The normalized spacial score (nSPS) is 9.95. The Bertz CT molecular complexity index is 545. The van der Waals surface area contributed by atoms with E-state index in [1.54, 1.807) is 19.1 Å². The number of carbonyl (C=O) groups is 3. The first-order valence-corrected chi connectivity index (χ1v) is 6.15. The fourth-order valence-corrected chi connectivity index (χ4v) is 1.51. The quantitative estimate of drug-likeness (QED) is 0.538. The van der Waals surface area contributed by atoms with E-state index in [2.05, 4.69) is 10.6 Å². The number of aryl methyl sites for hydroxylation is 1. The number of carboxylic acid groups (broad SMARTS) is 1. The van der Waals surface area contributed by atoms with E-state index >= 15 is 0 Å². The van der Waals surface area contributed by atoms with Crippen LogP contribution in [0.1, 0.15) is 15.9 Å². The molecule has 0 saturated heterocycles. The van der Waals surface area contributed by atoms with Gasteiger partial charge in [-0.25, -0.2) is 9.59 Å². The summed E-state index contributed by atoms with van der Waals surface area (Å²) in [6.07, 6.45) is 0. The molecule has 114 valence electrons. The average molecular weight is 295 g/mol. The maximum absolute atomic E-state index is 11.6. The molecule has 8 nitrogen and oxygen atoms in total. The van der Waals surface area contributed by atoms with Gasteiger partial charge in [0.1, 0.15) is 6.61 Å². The fourth-order valence-electron chi connectivity index (χ4n) is 1.51. The number of carbonyl (C=O) groups excluding carboxylic acids is 2. The molecule has 0 fully saturated rings. The summed E-state index contributed by atoms with van der Waals surface area (Å²) in [5.74, 6) is -1.64. The summed E-state index contributed by atoms with van der Waals surface area (Å²) >= 11 is 0. The molecule has 8 heteroatoms. The van der Waals surface area contributed by atoms with Crippen molar-refractivity contribution in [2.45, 2.75) is 6.92 Å². The standard InChI is InChI=1S/C13H17N3O5/c1-8-2-3-9(6-10(8)12(18)19)16-13(20)15-4-5-21-7-11(14)17/h2-3,6H,4-5,7H2,1H3,(H2,14,17)(H,18,19)(H2,15,16,20). The molecule has 1 rings (SSSR count). The zero-order valence-corrected chi connectivity index (χ0v) is 11.5. The van der Waals surface area contributed by atoms with Crippen LogP contribution in [0.5, 0.6) is 0 Å². The third-order valence-electron chi connectivity index (χ3n) is 2.50. The SMILES string of the molecule is Cc1ccc(NC(=O)NCCOCC(N)=O)cc1C(=O)O. The second-order valence-corrected chi connectivity index (χ2v) is 4.23. The number of hydrogen-bond acceptors (Lipinski definition) is 4. The van der Waals surface area contributed by atoms with Crippen LogP contribution in [0, 0.1) is 6.92 Å². The van der Waals surface area contributed by atoms with Gasteiger partial charge < -0.3 is 26.2 Å². The van der Waals surface area contributed by atoms with Crippen LogP contribution in [0.15, 0.2) is 18.2 Å². The van der Waals surface area contributed by atoms with Gasteiger partial charge in [-0.1, -0.05) is 6.07 Å². The Morgan fingerprint density at radius 1 is 1.33 bits per heavy atom. The molecule has 0 atom stereocenters. The zero-order valence-electron chi connectivity index (χ0n) is 11.5. The number of benzene rings is 1. The molecule has 0 aliphatic rings. The van der Waals surface area contributed by atoms with Gasteiger partial charge in [0, 0.05) is 12.2 Å². The number of aromatic carboxylic acids is 1. The summed E-state index contributed by atoms with van der Waals surface area (Å²) < 4.78 is 4.87. The van der Waals surface area contributed by atoms with Crippen LogP contribution in [0.2, 0.25) is 0 Å². The lowest BCUT2D eigenvalue weighted by Crippen LogP contribution is -2.32. The first-order chi connectivity index (χ1) is 9.90. The molecule has 0 bridgehead atoms. The number of urea groups is 1. The molecule has 0 saturated carbocycles. The van der Waals surface area contributed by atoms with Crippen molar-refractivity contribution < 1.29 is 24.2 Å². The van der Waals surface area contributed by atoms with Crippen molar-refractivity contribution in [3.63, 3.8) is 0 Å². The molecule has 0 spiro atoms. The molecule has 0 aliphatic carbocycles. The van der Waals surface area contributed by atoms with E-state index in [1.165, 1.54) is 6.07 Å². The minimum Gasteiger partial charge on any atom is -0.478 e. The molecule has 3 amide bonds. The number of anilines is 1. The molecule has 0 aliphatic heterocycles. The molecule has 0 unspecified atom stereocenters. The third-order valence-corrected chi connectivity index (χ3v) is 2.50. The van der Waals surface area contributed by atoms with E-state index in [0.717, 1.165) is 0 Å². The summed E-state index contributed by atoms with van der Waals surface area (Å²) in [5.41, 5.74) is 5.97. The first-order valence-electron chi connectivity index (χ1n) is 6.15. The van der Waals surface area contributed by atoms with Crippen LogP contribution in [-0.2, 0) is 9.53 Å². The van der Waals surface area contributed by atoms with Gasteiger partial charge in [0.25, 0.3) is 0 Å². The summed E-state index contributed by atoms with van der Waals surface area (Å²) in [4.78, 5) is 32.9. The number of primary amides is 1. The van der Waals surface area contributed by atoms with E-state index < -0.39 is 17.9 Å². The highest BCUT2D eigenvalue weighted by Crippen LogP contribution is 2.15. The lowest BCUT2D eigenvalue weighted by molar-refractivity contribution is -0.122. The van der Waals surface area contributed by atoms with Crippen LogP contribution in [0.25, 0.3) is 0 Å². The maximum Gasteiger partial charge on any atom is 0.336 e. The minimum atomic E-state index is -1.06. The van der Waals surface area contributed by atoms with Crippen LogP contribution in [0.4, 0.5) is 10.5 Å². The Morgan fingerprint density at radius 2 is 2.05 bits per heavy atom. The van der Waals surface area contributed by atoms with Crippen molar-refractivity contribution in [1.29, 1.82) is 0 Å². The second-order valence-electron chi connectivity index (χ2n) is 4.23. The maximum atomic E-state index is 11.6. The summed E-state index contributed by atoms with van der Waals surface area (Å²) in [7, 11) is 0. The first kappa shape index (κ1) is 16.4. The van der Waals surface area contributed by atoms with Crippen molar-refractivity contribution in [3.8, 4) is 0 Å². The lowest BCUT2D eigenvalue weighted by atomic mass is 10.1. The minimum absolute atomic E-state index is 0.123. The van der Waals surface area contributed by atoms with E-state index in [9.17, 15) is 14.4 Å². The summed E-state index contributed by atoms with van der Waals surface area (Å²) in [5, 5.41) is 14.0. The van der Waals surface area contributed by atoms with Crippen LogP contribution >= 0.6 is 0 Å². The Balaban J connectivity index is 2.43. The number of nitrogens with one attached hydrogen (secondary N) is 2. The predicted octanol–water partition coefficient (Wildman–Crippen LogP) is 0.317. The number of nitrogens with two attached hydrogens (primary N) is 1. The number of ether oxygens (including phenoxy) is 1. The topological polar surface area (TPSA) is 131 Å². The largest absolute Gasteiger partial charge is 0.478 e. The van der Waals surface area contributed by atoms with Gasteiger partial charge in [-0.05, 0) is 24.6 Å². The van der Waals surface area contributed by atoms with Gasteiger partial charge in [0.05, 0.1) is 12.2 Å². The van der Waals surface area contributed by atoms with Crippen LogP contribution < -0.4 is 16.4 Å². The van der Waals surface area contributed by atoms with Crippen LogP contribution in [-0.4, -0.2) is 42.8 Å². The van der Waals surface area contributed by atoms with Crippen molar-refractivity contribution in [1.82, 2.24) is 5.32 Å². The number of amides is 3. The lowest BCUT2D eigenvalue weighted by Gasteiger charge is -2.09. The van der Waals surface area contributed by atoms with Crippen LogP contribution in [0.3, 0.4) is 0 Å². The number of carboxylic acids is 1. The van der Waals surface area contributed by atoms with E-state index in [1.807, 2.05) is 0 Å². The predicted molar refractivity (Wildman–Crippen MR) is 75.2 cm³/mol. The molecule has 0 heterocycles. The summed E-state index contributed by atoms with van der Waals surface area (Å²) in [6, 6.07) is 4.08. The van der Waals surface area contributed by atoms with Gasteiger partial charge in [-0.2, -0.15) is 0 Å². The zero-order chi connectivity index (χ0) is 15.8. The Morgan fingerprint density at radius 3 is 2.67 bits per heavy atom. The van der Waals surface area contributed by atoms with Gasteiger partial charge in [-0.15, -0.1) is 0 Å². The Kier molecular flexibility index (Phi) is 6.15. The van der Waals surface area contributed by atoms with E-state index in [0.29, 0.717) is 11.3 Å². The van der Waals surface area contributed by atoms with Crippen molar-refractivity contribution in [3.05, 3.63) is 29.3 Å².